The summed E-state index contributed by atoms with van der Waals surface area (Å²) in [6.07, 6.45) is 3.78. The van der Waals surface area contributed by atoms with E-state index in [0.717, 1.165) is 38.9 Å². The molecule has 0 bridgehead atoms. The largest absolute Gasteiger partial charge is 0.338 e. The first-order valence-electron chi connectivity index (χ1n) is 8.91. The van der Waals surface area contributed by atoms with Crippen molar-refractivity contribution in [2.45, 2.75) is 51.6 Å². The predicted molar refractivity (Wildman–Crippen MR) is 99.4 cm³/mol. The quantitative estimate of drug-likeness (QED) is 0.709. The number of hydrogen-bond acceptors (Lipinski definition) is 5. The standard InChI is InChI=1S/C16H31N3O3S.ClH/c1-3-10-18(14-5-8-17-9-6-14)12-16(20)19(4-2)15-7-11-23(21,22)13-15;/h14-15,17H,3-13H2,1-2H3;1H. The summed E-state index contributed by atoms with van der Waals surface area (Å²) in [5, 5.41) is 3.36. The third-order valence-electron chi connectivity index (χ3n) is 4.98. The molecule has 1 amide bonds. The van der Waals surface area contributed by atoms with Gasteiger partial charge in [-0.3, -0.25) is 9.69 Å². The predicted octanol–water partition coefficient (Wildman–Crippen LogP) is 0.908. The molecule has 2 heterocycles. The van der Waals surface area contributed by atoms with E-state index in [1.54, 1.807) is 4.90 Å². The molecule has 0 aromatic heterocycles. The van der Waals surface area contributed by atoms with Crippen molar-refractivity contribution in [3.63, 3.8) is 0 Å². The van der Waals surface area contributed by atoms with E-state index in [-0.39, 0.29) is 35.9 Å². The molecule has 2 rings (SSSR count). The van der Waals surface area contributed by atoms with Gasteiger partial charge in [-0.1, -0.05) is 6.92 Å². The highest BCUT2D eigenvalue weighted by Crippen LogP contribution is 2.19. The molecule has 0 spiro atoms. The lowest BCUT2D eigenvalue weighted by atomic mass is 10.0. The van der Waals surface area contributed by atoms with Crippen LogP contribution in [0.2, 0.25) is 0 Å². The smallest absolute Gasteiger partial charge is 0.237 e. The lowest BCUT2D eigenvalue weighted by Crippen LogP contribution is -2.50. The Labute approximate surface area is 152 Å². The summed E-state index contributed by atoms with van der Waals surface area (Å²) in [7, 11) is -2.96. The molecule has 2 aliphatic rings. The van der Waals surface area contributed by atoms with Gasteiger partial charge in [0, 0.05) is 18.6 Å². The fraction of sp³-hybridized carbons (Fsp3) is 0.938. The molecule has 1 N–H and O–H groups in total. The van der Waals surface area contributed by atoms with Crippen molar-refractivity contribution < 1.29 is 13.2 Å². The van der Waals surface area contributed by atoms with Crippen molar-refractivity contribution in [3.05, 3.63) is 0 Å². The molecule has 0 aliphatic carbocycles. The normalized spacial score (nSPS) is 23.9. The Morgan fingerprint density at radius 3 is 2.29 bits per heavy atom. The van der Waals surface area contributed by atoms with E-state index in [1.165, 1.54) is 0 Å². The Morgan fingerprint density at radius 2 is 1.79 bits per heavy atom. The van der Waals surface area contributed by atoms with Gasteiger partial charge in [-0.05, 0) is 52.2 Å². The van der Waals surface area contributed by atoms with E-state index in [2.05, 4.69) is 17.1 Å². The first-order chi connectivity index (χ1) is 11.0. The van der Waals surface area contributed by atoms with Gasteiger partial charge in [0.15, 0.2) is 9.84 Å². The van der Waals surface area contributed by atoms with Crippen LogP contribution < -0.4 is 5.32 Å². The summed E-state index contributed by atoms with van der Waals surface area (Å²) in [6.45, 7) is 8.04. The zero-order valence-corrected chi connectivity index (χ0v) is 16.5. The maximum Gasteiger partial charge on any atom is 0.237 e. The van der Waals surface area contributed by atoms with Crippen LogP contribution in [0, 0.1) is 0 Å². The Hall–Kier alpha value is -0.370. The molecular weight excluding hydrogens is 350 g/mol. The zero-order chi connectivity index (χ0) is 16.9. The van der Waals surface area contributed by atoms with E-state index in [1.807, 2.05) is 6.92 Å². The Balaban J connectivity index is 0.00000288. The van der Waals surface area contributed by atoms with Gasteiger partial charge < -0.3 is 10.2 Å². The van der Waals surface area contributed by atoms with Crippen molar-refractivity contribution >= 4 is 28.2 Å². The maximum atomic E-state index is 12.8. The van der Waals surface area contributed by atoms with Crippen molar-refractivity contribution in [2.24, 2.45) is 0 Å². The van der Waals surface area contributed by atoms with Crippen LogP contribution in [-0.2, 0) is 14.6 Å². The summed E-state index contributed by atoms with van der Waals surface area (Å²) < 4.78 is 23.4. The van der Waals surface area contributed by atoms with Crippen LogP contribution in [0.1, 0.15) is 39.5 Å². The molecule has 0 aromatic carbocycles. The van der Waals surface area contributed by atoms with E-state index < -0.39 is 9.84 Å². The number of nitrogens with one attached hydrogen (secondary N) is 1. The van der Waals surface area contributed by atoms with Gasteiger partial charge in [0.1, 0.15) is 0 Å². The fourth-order valence-corrected chi connectivity index (χ4v) is 5.50. The van der Waals surface area contributed by atoms with Crippen LogP contribution in [0.4, 0.5) is 0 Å². The third kappa shape index (κ3) is 5.86. The van der Waals surface area contributed by atoms with E-state index in [9.17, 15) is 13.2 Å². The van der Waals surface area contributed by atoms with E-state index in [4.69, 9.17) is 0 Å². The Morgan fingerprint density at radius 1 is 1.12 bits per heavy atom. The Bertz CT molecular complexity index is 495. The van der Waals surface area contributed by atoms with Crippen LogP contribution in [0.15, 0.2) is 0 Å². The minimum atomic E-state index is -2.96. The highest BCUT2D eigenvalue weighted by Gasteiger charge is 2.34. The molecule has 0 radical (unpaired) electrons. The zero-order valence-electron chi connectivity index (χ0n) is 14.9. The molecule has 6 nitrogen and oxygen atoms in total. The molecule has 0 aromatic rings. The van der Waals surface area contributed by atoms with Crippen LogP contribution in [-0.4, -0.2) is 80.4 Å². The molecule has 24 heavy (non-hydrogen) atoms. The van der Waals surface area contributed by atoms with E-state index in [0.29, 0.717) is 25.6 Å². The highest BCUT2D eigenvalue weighted by molar-refractivity contribution is 7.91. The van der Waals surface area contributed by atoms with Gasteiger partial charge in [-0.15, -0.1) is 12.4 Å². The van der Waals surface area contributed by atoms with Gasteiger partial charge in [0.2, 0.25) is 5.91 Å². The van der Waals surface area contributed by atoms with Crippen LogP contribution in [0.5, 0.6) is 0 Å². The van der Waals surface area contributed by atoms with Crippen LogP contribution >= 0.6 is 12.4 Å². The van der Waals surface area contributed by atoms with Crippen LogP contribution in [0.25, 0.3) is 0 Å². The second kappa shape index (κ2) is 9.94. The summed E-state index contributed by atoms with van der Waals surface area (Å²) in [5.74, 6) is 0.434. The summed E-state index contributed by atoms with van der Waals surface area (Å²) >= 11 is 0. The minimum absolute atomic E-state index is 0. The van der Waals surface area contributed by atoms with Crippen molar-refractivity contribution in [1.82, 2.24) is 15.1 Å². The summed E-state index contributed by atoms with van der Waals surface area (Å²) in [6, 6.07) is 0.333. The molecule has 2 fully saturated rings. The Kier molecular flexibility index (Phi) is 8.98. The number of nitrogens with zero attached hydrogens (tertiary/aromatic N) is 2. The van der Waals surface area contributed by atoms with Gasteiger partial charge in [0.25, 0.3) is 0 Å². The van der Waals surface area contributed by atoms with Crippen molar-refractivity contribution in [3.8, 4) is 0 Å². The highest BCUT2D eigenvalue weighted by atomic mass is 35.5. The average molecular weight is 382 g/mol. The number of sulfone groups is 1. The maximum absolute atomic E-state index is 12.8. The van der Waals surface area contributed by atoms with Gasteiger partial charge in [-0.2, -0.15) is 0 Å². The van der Waals surface area contributed by atoms with Gasteiger partial charge in [-0.25, -0.2) is 8.42 Å². The first-order valence-corrected chi connectivity index (χ1v) is 10.7. The van der Waals surface area contributed by atoms with Gasteiger partial charge >= 0.3 is 0 Å². The molecule has 2 saturated heterocycles. The molecule has 142 valence electrons. The average Bonchev–Trinajstić information content (AvgIpc) is 2.88. The number of amides is 1. The molecule has 2 aliphatic heterocycles. The number of rotatable bonds is 7. The molecule has 8 heteroatoms. The molecule has 1 unspecified atom stereocenters. The van der Waals surface area contributed by atoms with Gasteiger partial charge in [0.05, 0.1) is 18.1 Å². The minimum Gasteiger partial charge on any atom is -0.338 e. The second-order valence-electron chi connectivity index (χ2n) is 6.69. The van der Waals surface area contributed by atoms with Crippen molar-refractivity contribution in [2.75, 3.05) is 44.2 Å². The number of halogens is 1. The van der Waals surface area contributed by atoms with Crippen LogP contribution in [0.3, 0.4) is 0 Å². The SMILES string of the molecule is CCCN(CC(=O)N(CC)C1CCS(=O)(=O)C1)C1CCNCC1.Cl. The number of carbonyl (C=O) groups is 1. The monoisotopic (exact) mass is 381 g/mol. The number of carbonyl (C=O) groups excluding carboxylic acids is 1. The first kappa shape index (κ1) is 21.7. The lowest BCUT2D eigenvalue weighted by molar-refractivity contribution is -0.134. The molecular formula is C16H32ClN3O3S. The number of piperidine rings is 1. The topological polar surface area (TPSA) is 69.7 Å². The second-order valence-corrected chi connectivity index (χ2v) is 8.92. The fourth-order valence-electron chi connectivity index (χ4n) is 3.77. The summed E-state index contributed by atoms with van der Waals surface area (Å²) in [5.41, 5.74) is 0. The summed E-state index contributed by atoms with van der Waals surface area (Å²) in [4.78, 5) is 16.9. The molecule has 0 saturated carbocycles. The van der Waals surface area contributed by atoms with Crippen molar-refractivity contribution in [1.29, 1.82) is 0 Å². The lowest BCUT2D eigenvalue weighted by Gasteiger charge is -2.36. The molecule has 1 atom stereocenters. The number of likely N-dealkylation sites (N-methyl/N-ethyl adjacent to an activating group) is 1. The third-order valence-corrected chi connectivity index (χ3v) is 6.73. The van der Waals surface area contributed by atoms with E-state index >= 15 is 0 Å². The number of hydrogen-bond donors (Lipinski definition) is 1.